The zero-order chi connectivity index (χ0) is 47.6. The highest BCUT2D eigenvalue weighted by Gasteiger charge is 2.38. The van der Waals surface area contributed by atoms with Gasteiger partial charge in [0.15, 0.2) is 16.6 Å². The third-order valence-electron chi connectivity index (χ3n) is 13.0. The minimum atomic E-state index is -2.02. The lowest BCUT2D eigenvalue weighted by molar-refractivity contribution is -0.193. The van der Waals surface area contributed by atoms with Gasteiger partial charge in [0.05, 0.1) is 5.92 Å². The molecule has 0 aliphatic heterocycles. The molecule has 63 heavy (non-hydrogen) atoms. The van der Waals surface area contributed by atoms with Gasteiger partial charge in [-0.2, -0.15) is 19.2 Å². The average molecular weight is 928 g/mol. The highest BCUT2D eigenvalue weighted by molar-refractivity contribution is 6.86. The molecule has 11 heteroatoms. The van der Waals surface area contributed by atoms with Gasteiger partial charge in [-0.15, -0.1) is 0 Å². The van der Waals surface area contributed by atoms with E-state index in [4.69, 9.17) is 23.3 Å². The number of carbonyl (C=O) groups is 2. The highest BCUT2D eigenvalue weighted by atomic mass is 28.4. The molecule has 3 unspecified atom stereocenters. The molecule has 0 aliphatic carbocycles. The Balaban J connectivity index is -0.00000564. The van der Waals surface area contributed by atoms with Crippen LogP contribution in [0.2, 0.25) is 37.3 Å². The second-order valence-corrected chi connectivity index (χ2v) is 28.0. The van der Waals surface area contributed by atoms with Crippen LogP contribution >= 0.6 is 0 Å². The summed E-state index contributed by atoms with van der Waals surface area (Å²) < 4.78 is 7.56. The third kappa shape index (κ3) is 52.6. The smallest absolute Gasteiger partial charge is 0.373 e. The summed E-state index contributed by atoms with van der Waals surface area (Å²) >= 11 is 0. The van der Waals surface area contributed by atoms with Crippen LogP contribution in [0.5, 0.6) is 0 Å². The molecule has 0 saturated carbocycles. The number of hydrogen-bond donors (Lipinski definition) is 2. The third-order valence-corrected chi connectivity index (χ3v) is 22.6. The van der Waals surface area contributed by atoms with Crippen LogP contribution in [0.25, 0.3) is 0 Å². The van der Waals surface area contributed by atoms with Gasteiger partial charge in [0.1, 0.15) is 0 Å². The lowest BCUT2D eigenvalue weighted by Crippen LogP contribution is -2.48. The average Bonchev–Trinajstić information content (AvgIpc) is 3.23. The van der Waals surface area contributed by atoms with Gasteiger partial charge in [-0.1, -0.05) is 245 Å². The van der Waals surface area contributed by atoms with Crippen LogP contribution in [-0.4, -0.2) is 51.1 Å². The van der Waals surface area contributed by atoms with Crippen molar-refractivity contribution in [3.8, 4) is 0 Å². The second-order valence-electron chi connectivity index (χ2n) is 19.4. The largest absolute Gasteiger partial charge is 0.481 e. The summed E-state index contributed by atoms with van der Waals surface area (Å²) in [5, 5.41) is 18.7. The SMILES string of the molecule is CCCCCCCCCCCCCCCCCC[Si](C)(CCCCCC(=O)O)O[Si](C)(CCCCCCCCCCCCCCCCCC)CCCC(C)C(=O)O.O=C=O.O=C=O. The van der Waals surface area contributed by atoms with Gasteiger partial charge in [-0.3, -0.25) is 9.59 Å². The summed E-state index contributed by atoms with van der Waals surface area (Å²) in [4.78, 5) is 55.3. The van der Waals surface area contributed by atoms with Crippen molar-refractivity contribution in [2.45, 2.75) is 302 Å². The van der Waals surface area contributed by atoms with Crippen LogP contribution in [-0.2, 0) is 32.9 Å². The van der Waals surface area contributed by atoms with E-state index >= 15 is 0 Å². The summed E-state index contributed by atoms with van der Waals surface area (Å²) in [5.41, 5.74) is 0. The minimum Gasteiger partial charge on any atom is -0.481 e. The van der Waals surface area contributed by atoms with E-state index in [1.807, 2.05) is 6.92 Å². The summed E-state index contributed by atoms with van der Waals surface area (Å²) in [6.45, 7) is 11.4. The van der Waals surface area contributed by atoms with Gasteiger partial charge in [0.2, 0.25) is 0 Å². The number of unbranched alkanes of at least 4 members (excludes halogenated alkanes) is 32. The predicted molar refractivity (Wildman–Crippen MR) is 265 cm³/mol. The van der Waals surface area contributed by atoms with Gasteiger partial charge in [0, 0.05) is 6.42 Å². The molecule has 0 radical (unpaired) electrons. The first-order chi connectivity index (χ1) is 30.4. The second kappa shape index (κ2) is 51.1. The van der Waals surface area contributed by atoms with Crippen molar-refractivity contribution in [3.05, 3.63) is 0 Å². The molecule has 0 spiro atoms. The molecule has 0 heterocycles. The van der Waals surface area contributed by atoms with Gasteiger partial charge >= 0.3 is 24.2 Å². The lowest BCUT2D eigenvalue weighted by Gasteiger charge is -2.39. The maximum absolute atomic E-state index is 11.6. The maximum atomic E-state index is 11.6. The number of aliphatic carboxylic acids is 2. The molecule has 0 amide bonds. The van der Waals surface area contributed by atoms with E-state index in [2.05, 4.69) is 26.9 Å². The zero-order valence-corrected chi connectivity index (χ0v) is 44.0. The molecular formula is C52H102O9Si2. The van der Waals surface area contributed by atoms with E-state index < -0.39 is 28.6 Å². The van der Waals surface area contributed by atoms with Crippen molar-refractivity contribution in [2.75, 3.05) is 0 Å². The van der Waals surface area contributed by atoms with E-state index in [-0.39, 0.29) is 24.6 Å². The Hall–Kier alpha value is -1.91. The molecule has 3 atom stereocenters. The topological polar surface area (TPSA) is 152 Å². The van der Waals surface area contributed by atoms with Crippen LogP contribution in [0.4, 0.5) is 0 Å². The Kier molecular flexibility index (Phi) is 53.0. The Morgan fingerprint density at radius 3 is 0.873 bits per heavy atom. The van der Waals surface area contributed by atoms with Crippen LogP contribution in [0.3, 0.4) is 0 Å². The number of carboxylic acids is 2. The van der Waals surface area contributed by atoms with Crippen molar-refractivity contribution >= 4 is 40.9 Å². The fourth-order valence-electron chi connectivity index (χ4n) is 9.00. The van der Waals surface area contributed by atoms with E-state index in [9.17, 15) is 19.8 Å². The van der Waals surface area contributed by atoms with Crippen molar-refractivity contribution in [3.63, 3.8) is 0 Å². The molecule has 0 saturated heterocycles. The van der Waals surface area contributed by atoms with Crippen molar-refractivity contribution in [1.29, 1.82) is 0 Å². The lowest BCUT2D eigenvalue weighted by atomic mass is 10.0. The number of rotatable bonds is 47. The number of carbonyl (C=O) groups excluding carboxylic acids is 4. The Morgan fingerprint density at radius 2 is 0.635 bits per heavy atom. The Labute approximate surface area is 390 Å². The molecule has 0 aliphatic rings. The molecule has 0 fully saturated rings. The molecule has 2 N–H and O–H groups in total. The molecule has 0 rings (SSSR count). The van der Waals surface area contributed by atoms with Gasteiger partial charge in [0.25, 0.3) is 0 Å². The maximum Gasteiger partial charge on any atom is 0.373 e. The molecule has 0 aromatic heterocycles. The quantitative estimate of drug-likeness (QED) is 0.0449. The normalized spacial score (nSPS) is 13.3. The van der Waals surface area contributed by atoms with E-state index in [1.165, 1.54) is 218 Å². The van der Waals surface area contributed by atoms with Crippen LogP contribution in [0, 0.1) is 5.92 Å². The molecule has 0 aromatic rings. The van der Waals surface area contributed by atoms with E-state index in [0.29, 0.717) is 0 Å². The molecule has 0 bridgehead atoms. The fraction of sp³-hybridized carbons (Fsp3) is 0.923. The first-order valence-electron chi connectivity index (χ1n) is 26.5. The monoisotopic (exact) mass is 927 g/mol. The summed E-state index contributed by atoms with van der Waals surface area (Å²) in [5.74, 6) is -1.66. The minimum absolute atomic E-state index is 0.250. The van der Waals surface area contributed by atoms with Gasteiger partial charge in [-0.05, 0) is 50.1 Å². The number of carboxylic acid groups (broad SMARTS) is 2. The van der Waals surface area contributed by atoms with Crippen LogP contribution in [0.15, 0.2) is 0 Å². The van der Waals surface area contributed by atoms with Crippen molar-refractivity contribution in [2.24, 2.45) is 5.92 Å². The van der Waals surface area contributed by atoms with Crippen molar-refractivity contribution in [1.82, 2.24) is 0 Å². The van der Waals surface area contributed by atoms with Gasteiger partial charge < -0.3 is 14.3 Å². The van der Waals surface area contributed by atoms with Crippen LogP contribution < -0.4 is 0 Å². The fourth-order valence-corrected chi connectivity index (χ4v) is 19.8. The molecule has 0 aromatic carbocycles. The standard InChI is InChI=1S/C50H102O5Si2.2CO2/c1-6-8-10-12-14-16-18-20-22-24-26-28-30-32-34-38-44-56(4,46-40-36-37-43-49(51)52)55-57(5,47-41-42-48(3)50(53)54)45-39-35-33-31-29-27-25-23-21-19-17-15-13-11-9-7-2;2*2-1-3/h48H,6-47H2,1-5H3,(H,51,52)(H,53,54);;. The van der Waals surface area contributed by atoms with E-state index in [0.717, 1.165) is 44.2 Å². The van der Waals surface area contributed by atoms with E-state index in [1.54, 1.807) is 0 Å². The molecule has 372 valence electrons. The summed E-state index contributed by atoms with van der Waals surface area (Å²) in [7, 11) is -4.00. The highest BCUT2D eigenvalue weighted by Crippen LogP contribution is 2.34. The first-order valence-corrected chi connectivity index (χ1v) is 32.2. The molecule has 9 nitrogen and oxygen atoms in total. The first kappa shape index (κ1) is 65.4. The Morgan fingerprint density at radius 1 is 0.413 bits per heavy atom. The van der Waals surface area contributed by atoms with Crippen molar-refractivity contribution < 1.29 is 43.1 Å². The predicted octanol–water partition coefficient (Wildman–Crippen LogP) is 16.7. The molecular weight excluding hydrogens is 825 g/mol. The number of hydrogen-bond acceptors (Lipinski definition) is 7. The Bertz CT molecular complexity index is 1050. The van der Waals surface area contributed by atoms with Crippen LogP contribution in [0.1, 0.15) is 265 Å². The summed E-state index contributed by atoms with van der Waals surface area (Å²) in [6, 6.07) is 4.63. The summed E-state index contributed by atoms with van der Waals surface area (Å²) in [6.07, 6.45) is 49.6. The van der Waals surface area contributed by atoms with Gasteiger partial charge in [-0.25, -0.2) is 0 Å². The zero-order valence-electron chi connectivity index (χ0n) is 42.0.